The highest BCUT2D eigenvalue weighted by molar-refractivity contribution is 9.10. The van der Waals surface area contributed by atoms with Crippen LogP contribution in [0.25, 0.3) is 0 Å². The molecule has 3 nitrogen and oxygen atoms in total. The van der Waals surface area contributed by atoms with E-state index in [0.717, 1.165) is 27.2 Å². The van der Waals surface area contributed by atoms with Crippen molar-refractivity contribution in [2.24, 2.45) is 0 Å². The molecule has 0 aliphatic carbocycles. The van der Waals surface area contributed by atoms with E-state index in [2.05, 4.69) is 26.2 Å². The summed E-state index contributed by atoms with van der Waals surface area (Å²) in [4.78, 5) is 16.4. The van der Waals surface area contributed by atoms with Gasteiger partial charge in [-0.3, -0.25) is 4.79 Å². The van der Waals surface area contributed by atoms with Crippen molar-refractivity contribution in [3.05, 3.63) is 49.9 Å². The van der Waals surface area contributed by atoms with Gasteiger partial charge in [0.25, 0.3) is 5.91 Å². The average molecular weight is 339 g/mol. The van der Waals surface area contributed by atoms with Gasteiger partial charge in [-0.25, -0.2) is 4.98 Å². The number of nitrogens with one attached hydrogen (secondary N) is 1. The van der Waals surface area contributed by atoms with Crippen molar-refractivity contribution < 1.29 is 4.79 Å². The molecule has 0 radical (unpaired) electrons. The predicted molar refractivity (Wildman–Crippen MR) is 81.8 cm³/mol. The van der Waals surface area contributed by atoms with E-state index in [9.17, 15) is 4.79 Å². The largest absolute Gasteiger partial charge is 0.352 e. The Morgan fingerprint density at radius 3 is 2.89 bits per heavy atom. The van der Waals surface area contributed by atoms with Gasteiger partial charge in [-0.1, -0.05) is 22.0 Å². The number of hydrogen-bond donors (Lipinski definition) is 1. The smallest absolute Gasteiger partial charge is 0.251 e. The third kappa shape index (κ3) is 3.88. The van der Waals surface area contributed by atoms with Crippen LogP contribution < -0.4 is 5.32 Å². The maximum Gasteiger partial charge on any atom is 0.251 e. The van der Waals surface area contributed by atoms with Crippen molar-refractivity contribution in [2.75, 3.05) is 6.54 Å². The Hall–Kier alpha value is -1.20. The maximum atomic E-state index is 12.1. The molecule has 0 fully saturated rings. The molecule has 1 aromatic heterocycles. The number of halogens is 1. The molecule has 0 spiro atoms. The fourth-order valence-corrected chi connectivity index (χ4v) is 2.87. The molecule has 1 N–H and O–H groups in total. The van der Waals surface area contributed by atoms with E-state index < -0.39 is 0 Å². The van der Waals surface area contributed by atoms with E-state index in [-0.39, 0.29) is 5.91 Å². The second-order valence-electron chi connectivity index (χ2n) is 4.35. The standard InChI is InChI=1S/C14H15BrN2OS/c1-9-3-4-11(15)7-12(9)14(18)16-6-5-13-17-10(2)8-19-13/h3-4,7-8H,5-6H2,1-2H3,(H,16,18). The number of rotatable bonds is 4. The fourth-order valence-electron chi connectivity index (χ4n) is 1.73. The van der Waals surface area contributed by atoms with E-state index in [1.54, 1.807) is 11.3 Å². The van der Waals surface area contributed by atoms with Gasteiger partial charge in [0.1, 0.15) is 0 Å². The Labute approximate surface area is 125 Å². The number of hydrogen-bond acceptors (Lipinski definition) is 3. The van der Waals surface area contributed by atoms with E-state index >= 15 is 0 Å². The van der Waals surface area contributed by atoms with Gasteiger partial charge in [0.05, 0.1) is 5.01 Å². The van der Waals surface area contributed by atoms with Gasteiger partial charge in [-0.05, 0) is 31.5 Å². The number of benzene rings is 1. The normalized spacial score (nSPS) is 10.5. The molecule has 0 bridgehead atoms. The fraction of sp³-hybridized carbons (Fsp3) is 0.286. The van der Waals surface area contributed by atoms with Crippen LogP contribution in [0.4, 0.5) is 0 Å². The molecule has 0 atom stereocenters. The number of thiazole rings is 1. The summed E-state index contributed by atoms with van der Waals surface area (Å²) in [5.74, 6) is -0.0351. The number of aryl methyl sites for hydroxylation is 2. The van der Waals surface area contributed by atoms with Crippen molar-refractivity contribution in [3.63, 3.8) is 0 Å². The number of nitrogens with zero attached hydrogens (tertiary/aromatic N) is 1. The number of carbonyl (C=O) groups is 1. The molecule has 0 aliphatic rings. The maximum absolute atomic E-state index is 12.1. The van der Waals surface area contributed by atoms with Crippen LogP contribution in [0, 0.1) is 13.8 Å². The molecule has 5 heteroatoms. The number of amides is 1. The van der Waals surface area contributed by atoms with Crippen LogP contribution in [0.2, 0.25) is 0 Å². The second-order valence-corrected chi connectivity index (χ2v) is 6.21. The average Bonchev–Trinajstić information content (AvgIpc) is 2.78. The van der Waals surface area contributed by atoms with E-state index in [4.69, 9.17) is 0 Å². The Kier molecular flexibility index (Phi) is 4.71. The van der Waals surface area contributed by atoms with Gasteiger partial charge in [0.15, 0.2) is 0 Å². The van der Waals surface area contributed by atoms with Gasteiger partial charge in [0, 0.05) is 34.1 Å². The summed E-state index contributed by atoms with van der Waals surface area (Å²) in [5.41, 5.74) is 2.73. The van der Waals surface area contributed by atoms with E-state index in [1.165, 1.54) is 0 Å². The zero-order valence-electron chi connectivity index (χ0n) is 10.9. The first-order valence-corrected chi connectivity index (χ1v) is 7.69. The van der Waals surface area contributed by atoms with Crippen LogP contribution in [-0.2, 0) is 6.42 Å². The highest BCUT2D eigenvalue weighted by atomic mass is 79.9. The van der Waals surface area contributed by atoms with Crippen molar-refractivity contribution >= 4 is 33.2 Å². The van der Waals surface area contributed by atoms with Crippen molar-refractivity contribution in [2.45, 2.75) is 20.3 Å². The lowest BCUT2D eigenvalue weighted by atomic mass is 10.1. The van der Waals surface area contributed by atoms with Crippen molar-refractivity contribution in [1.29, 1.82) is 0 Å². The molecule has 1 aromatic carbocycles. The summed E-state index contributed by atoms with van der Waals surface area (Å²) in [6.07, 6.45) is 0.775. The minimum atomic E-state index is -0.0351. The summed E-state index contributed by atoms with van der Waals surface area (Å²) in [5, 5.41) is 6.01. The summed E-state index contributed by atoms with van der Waals surface area (Å²) in [6.45, 7) is 4.52. The molecule has 0 unspecified atom stereocenters. The first-order valence-electron chi connectivity index (χ1n) is 6.01. The minimum Gasteiger partial charge on any atom is -0.352 e. The van der Waals surface area contributed by atoms with E-state index in [0.29, 0.717) is 12.1 Å². The Bertz CT molecular complexity index is 595. The first-order chi connectivity index (χ1) is 9.06. The molecule has 100 valence electrons. The summed E-state index contributed by atoms with van der Waals surface area (Å²) >= 11 is 5.02. The van der Waals surface area contributed by atoms with Crippen LogP contribution in [0.1, 0.15) is 26.6 Å². The number of aromatic nitrogens is 1. The molecule has 1 amide bonds. The van der Waals surface area contributed by atoms with Crippen LogP contribution in [0.15, 0.2) is 28.1 Å². The lowest BCUT2D eigenvalue weighted by molar-refractivity contribution is 0.0953. The monoisotopic (exact) mass is 338 g/mol. The lowest BCUT2D eigenvalue weighted by Gasteiger charge is -2.07. The van der Waals surface area contributed by atoms with Crippen LogP contribution in [-0.4, -0.2) is 17.4 Å². The van der Waals surface area contributed by atoms with Gasteiger partial charge < -0.3 is 5.32 Å². The van der Waals surface area contributed by atoms with Crippen molar-refractivity contribution in [1.82, 2.24) is 10.3 Å². The summed E-state index contributed by atoms with van der Waals surface area (Å²) < 4.78 is 0.916. The highest BCUT2D eigenvalue weighted by Crippen LogP contribution is 2.16. The molecule has 0 saturated carbocycles. The highest BCUT2D eigenvalue weighted by Gasteiger charge is 2.09. The van der Waals surface area contributed by atoms with Crippen LogP contribution in [0.5, 0.6) is 0 Å². The molecule has 19 heavy (non-hydrogen) atoms. The molecular weight excluding hydrogens is 324 g/mol. The van der Waals surface area contributed by atoms with Crippen LogP contribution >= 0.6 is 27.3 Å². The number of carbonyl (C=O) groups excluding carboxylic acids is 1. The Balaban J connectivity index is 1.92. The molecule has 2 aromatic rings. The molecule has 2 rings (SSSR count). The van der Waals surface area contributed by atoms with Gasteiger partial charge in [-0.15, -0.1) is 11.3 Å². The molecule has 1 heterocycles. The third-order valence-electron chi connectivity index (χ3n) is 2.74. The first kappa shape index (κ1) is 14.2. The second kappa shape index (κ2) is 6.30. The Morgan fingerprint density at radius 1 is 1.42 bits per heavy atom. The third-order valence-corrected chi connectivity index (χ3v) is 4.25. The van der Waals surface area contributed by atoms with Crippen molar-refractivity contribution in [3.8, 4) is 0 Å². The Morgan fingerprint density at radius 2 is 2.21 bits per heavy atom. The SMILES string of the molecule is Cc1csc(CCNC(=O)c2cc(Br)ccc2C)n1. The van der Waals surface area contributed by atoms with Gasteiger partial charge in [0.2, 0.25) is 0 Å². The van der Waals surface area contributed by atoms with E-state index in [1.807, 2.05) is 37.4 Å². The minimum absolute atomic E-state index is 0.0351. The quantitative estimate of drug-likeness (QED) is 0.926. The predicted octanol–water partition coefficient (Wildman–Crippen LogP) is 3.49. The molecular formula is C14H15BrN2OS. The zero-order valence-corrected chi connectivity index (χ0v) is 13.3. The topological polar surface area (TPSA) is 42.0 Å². The lowest BCUT2D eigenvalue weighted by Crippen LogP contribution is -2.26. The van der Waals surface area contributed by atoms with Gasteiger partial charge in [-0.2, -0.15) is 0 Å². The zero-order chi connectivity index (χ0) is 13.8. The van der Waals surface area contributed by atoms with Gasteiger partial charge >= 0.3 is 0 Å². The molecule has 0 aliphatic heterocycles. The summed E-state index contributed by atoms with van der Waals surface area (Å²) in [7, 11) is 0. The van der Waals surface area contributed by atoms with Crippen LogP contribution in [0.3, 0.4) is 0 Å². The summed E-state index contributed by atoms with van der Waals surface area (Å²) in [6, 6.07) is 5.71. The molecule has 0 saturated heterocycles.